The zero-order valence-corrected chi connectivity index (χ0v) is 16.1. The summed E-state index contributed by atoms with van der Waals surface area (Å²) in [6, 6.07) is 2.26. The molecular formula is C20H24N4S. The van der Waals surface area contributed by atoms with Crippen LogP contribution in [0.5, 0.6) is 0 Å². The molecule has 1 aliphatic carbocycles. The molecule has 0 aliphatic heterocycles. The summed E-state index contributed by atoms with van der Waals surface area (Å²) < 4.78 is 3.62. The molecule has 0 bridgehead atoms. The van der Waals surface area contributed by atoms with Gasteiger partial charge in [0.1, 0.15) is 5.65 Å². The van der Waals surface area contributed by atoms with E-state index in [1.54, 1.807) is 3.97 Å². The van der Waals surface area contributed by atoms with Crippen LogP contribution in [0.25, 0.3) is 27.7 Å². The van der Waals surface area contributed by atoms with E-state index in [1.165, 1.54) is 17.6 Å². The predicted molar refractivity (Wildman–Crippen MR) is 106 cm³/mol. The number of nitrogens with zero attached hydrogens (tertiary/aromatic N) is 4. The van der Waals surface area contributed by atoms with Gasteiger partial charge in [0, 0.05) is 42.2 Å². The molecule has 3 aromatic rings. The second kappa shape index (κ2) is 5.77. The Kier molecular flexibility index (Phi) is 3.80. The van der Waals surface area contributed by atoms with E-state index in [0.717, 1.165) is 28.6 Å². The van der Waals surface area contributed by atoms with Gasteiger partial charge in [0.2, 0.25) is 0 Å². The third-order valence-corrected chi connectivity index (χ3v) is 5.35. The summed E-state index contributed by atoms with van der Waals surface area (Å²) in [6.07, 6.45) is 12.7. The molecule has 1 atom stereocenters. The zero-order valence-electron chi connectivity index (χ0n) is 15.2. The Morgan fingerprint density at radius 1 is 1.20 bits per heavy atom. The van der Waals surface area contributed by atoms with Gasteiger partial charge < -0.3 is 0 Å². The molecule has 0 radical (unpaired) electrons. The lowest BCUT2D eigenvalue weighted by Crippen LogP contribution is -2.20. The van der Waals surface area contributed by atoms with Crippen molar-refractivity contribution in [2.75, 3.05) is 0 Å². The lowest BCUT2D eigenvalue weighted by molar-refractivity contribution is 0.296. The Labute approximate surface area is 154 Å². The standard InChI is InChI=1S/C20H24N4S/c1-13-5-14(8-20(2,3)7-13)15-6-17-18(16-10-22-23(4)11-16)12-24(25)19(17)21-9-15/h5-6,9-13,25H,7-8H2,1-4H3. The van der Waals surface area contributed by atoms with Crippen molar-refractivity contribution in [2.24, 2.45) is 18.4 Å². The molecule has 0 amide bonds. The van der Waals surface area contributed by atoms with Crippen LogP contribution < -0.4 is 0 Å². The highest BCUT2D eigenvalue weighted by atomic mass is 32.1. The Bertz CT molecular complexity index is 977. The minimum atomic E-state index is 0.333. The van der Waals surface area contributed by atoms with E-state index in [2.05, 4.69) is 50.8 Å². The highest BCUT2D eigenvalue weighted by Gasteiger charge is 2.27. The van der Waals surface area contributed by atoms with Crippen molar-refractivity contribution in [2.45, 2.75) is 33.6 Å². The Balaban J connectivity index is 1.85. The minimum Gasteiger partial charge on any atom is -0.277 e. The number of pyridine rings is 1. The summed E-state index contributed by atoms with van der Waals surface area (Å²) in [5.74, 6) is 0.599. The number of hydrogen-bond acceptors (Lipinski definition) is 3. The van der Waals surface area contributed by atoms with Crippen molar-refractivity contribution in [1.82, 2.24) is 18.7 Å². The first kappa shape index (κ1) is 16.5. The van der Waals surface area contributed by atoms with Crippen molar-refractivity contribution in [3.8, 4) is 11.1 Å². The predicted octanol–water partition coefficient (Wildman–Crippen LogP) is 4.97. The molecule has 1 unspecified atom stereocenters. The maximum absolute atomic E-state index is 4.70. The van der Waals surface area contributed by atoms with E-state index in [4.69, 9.17) is 4.98 Å². The van der Waals surface area contributed by atoms with Gasteiger partial charge in [0.25, 0.3) is 0 Å². The van der Waals surface area contributed by atoms with E-state index in [9.17, 15) is 0 Å². The first-order chi connectivity index (χ1) is 11.8. The van der Waals surface area contributed by atoms with E-state index >= 15 is 0 Å². The van der Waals surface area contributed by atoms with Gasteiger partial charge in [-0.05, 0) is 41.4 Å². The number of hydrogen-bond donors (Lipinski definition) is 1. The fraction of sp³-hybridized carbons (Fsp3) is 0.400. The Hall–Kier alpha value is -2.01. The largest absolute Gasteiger partial charge is 0.277 e. The molecular weight excluding hydrogens is 328 g/mol. The second-order valence-corrected chi connectivity index (χ2v) is 8.53. The van der Waals surface area contributed by atoms with Gasteiger partial charge in [-0.15, -0.1) is 0 Å². The molecule has 0 fully saturated rings. The fourth-order valence-corrected chi connectivity index (χ4v) is 4.45. The van der Waals surface area contributed by atoms with Crippen molar-refractivity contribution in [3.63, 3.8) is 0 Å². The quantitative estimate of drug-likeness (QED) is 0.661. The van der Waals surface area contributed by atoms with E-state index < -0.39 is 0 Å². The summed E-state index contributed by atoms with van der Waals surface area (Å²) in [4.78, 5) is 4.70. The average Bonchev–Trinajstić information content (AvgIpc) is 3.09. The maximum atomic E-state index is 4.70. The molecule has 1 aliphatic rings. The smallest absolute Gasteiger partial charge is 0.150 e. The molecule has 0 saturated carbocycles. The van der Waals surface area contributed by atoms with Crippen LogP contribution in [-0.4, -0.2) is 18.7 Å². The third-order valence-electron chi connectivity index (χ3n) is 5.04. The van der Waals surface area contributed by atoms with Gasteiger partial charge in [-0.1, -0.05) is 39.7 Å². The van der Waals surface area contributed by atoms with E-state index in [0.29, 0.717) is 11.3 Å². The summed E-state index contributed by atoms with van der Waals surface area (Å²) in [7, 11) is 1.93. The van der Waals surface area contributed by atoms with Crippen LogP contribution in [0.15, 0.2) is 36.9 Å². The van der Waals surface area contributed by atoms with Crippen LogP contribution in [-0.2, 0) is 7.05 Å². The Morgan fingerprint density at radius 3 is 2.68 bits per heavy atom. The number of thiol groups is 1. The molecule has 3 aromatic heterocycles. The molecule has 3 heterocycles. The van der Waals surface area contributed by atoms with Gasteiger partial charge in [-0.25, -0.2) is 4.98 Å². The number of fused-ring (bicyclic) bond motifs is 1. The van der Waals surface area contributed by atoms with Gasteiger partial charge >= 0.3 is 0 Å². The second-order valence-electron chi connectivity index (χ2n) is 8.10. The molecule has 0 saturated heterocycles. The van der Waals surface area contributed by atoms with Crippen molar-refractivity contribution in [1.29, 1.82) is 0 Å². The molecule has 0 spiro atoms. The third kappa shape index (κ3) is 3.01. The fourth-order valence-electron chi connectivity index (χ4n) is 4.18. The van der Waals surface area contributed by atoms with Gasteiger partial charge in [-0.2, -0.15) is 5.10 Å². The van der Waals surface area contributed by atoms with Crippen molar-refractivity contribution in [3.05, 3.63) is 42.5 Å². The number of allylic oxidation sites excluding steroid dienone is 2. The SMILES string of the molecule is CC1C=C(c2cnc3c(c2)c(-c2cnn(C)c2)cn3S)CC(C)(C)C1. The first-order valence-electron chi connectivity index (χ1n) is 8.73. The van der Waals surface area contributed by atoms with Crippen LogP contribution in [0.1, 0.15) is 39.2 Å². The first-order valence-corrected chi connectivity index (χ1v) is 9.13. The molecule has 0 N–H and O–H groups in total. The molecule has 5 heteroatoms. The summed E-state index contributed by atoms with van der Waals surface area (Å²) >= 11 is 4.54. The zero-order chi connectivity index (χ0) is 17.8. The lowest BCUT2D eigenvalue weighted by Gasteiger charge is -2.33. The van der Waals surface area contributed by atoms with Gasteiger partial charge in [0.15, 0.2) is 0 Å². The molecule has 25 heavy (non-hydrogen) atoms. The lowest BCUT2D eigenvalue weighted by atomic mass is 9.72. The molecule has 0 aromatic carbocycles. The number of aromatic nitrogens is 4. The summed E-state index contributed by atoms with van der Waals surface area (Å²) in [5.41, 5.74) is 6.05. The molecule has 4 rings (SSSR count). The maximum Gasteiger partial charge on any atom is 0.150 e. The van der Waals surface area contributed by atoms with Gasteiger partial charge in [0.05, 0.1) is 6.20 Å². The highest BCUT2D eigenvalue weighted by molar-refractivity contribution is 7.78. The van der Waals surface area contributed by atoms with Crippen LogP contribution >= 0.6 is 12.8 Å². The van der Waals surface area contributed by atoms with Crippen LogP contribution in [0.3, 0.4) is 0 Å². The number of aryl methyl sites for hydroxylation is 1. The highest BCUT2D eigenvalue weighted by Crippen LogP contribution is 2.42. The topological polar surface area (TPSA) is 35.6 Å². The Morgan fingerprint density at radius 2 is 2.00 bits per heavy atom. The van der Waals surface area contributed by atoms with Gasteiger partial charge in [-0.3, -0.25) is 8.65 Å². The average molecular weight is 353 g/mol. The normalized spacial score (nSPS) is 20.0. The van der Waals surface area contributed by atoms with E-state index in [-0.39, 0.29) is 0 Å². The van der Waals surface area contributed by atoms with Crippen molar-refractivity contribution >= 4 is 29.4 Å². The summed E-state index contributed by atoms with van der Waals surface area (Å²) in [5, 5.41) is 5.42. The van der Waals surface area contributed by atoms with Crippen LogP contribution in [0, 0.1) is 11.3 Å². The van der Waals surface area contributed by atoms with Crippen molar-refractivity contribution < 1.29 is 0 Å². The molecule has 4 nitrogen and oxygen atoms in total. The summed E-state index contributed by atoms with van der Waals surface area (Å²) in [6.45, 7) is 7.01. The van der Waals surface area contributed by atoms with Crippen LogP contribution in [0.2, 0.25) is 0 Å². The minimum absolute atomic E-state index is 0.333. The number of rotatable bonds is 2. The molecule has 130 valence electrons. The monoisotopic (exact) mass is 352 g/mol. The van der Waals surface area contributed by atoms with E-state index in [1.807, 2.05) is 36.5 Å². The van der Waals surface area contributed by atoms with Crippen LogP contribution in [0.4, 0.5) is 0 Å².